The molecular weight excluding hydrogens is 204 g/mol. The molecule has 1 aromatic heterocycles. The van der Waals surface area contributed by atoms with Gasteiger partial charge in [0.25, 0.3) is 0 Å². The van der Waals surface area contributed by atoms with Crippen LogP contribution in [0.4, 0.5) is 0 Å². The van der Waals surface area contributed by atoms with E-state index in [0.717, 1.165) is 17.0 Å². The number of aromatic nitrogens is 2. The largest absolute Gasteiger partial charge is 0.497 e. The quantitative estimate of drug-likeness (QED) is 0.801. The minimum atomic E-state index is -0.000400. The highest BCUT2D eigenvalue weighted by Crippen LogP contribution is 2.23. The van der Waals surface area contributed by atoms with Gasteiger partial charge >= 0.3 is 0 Å². The van der Waals surface area contributed by atoms with Crippen molar-refractivity contribution in [2.24, 2.45) is 0 Å². The number of aromatic amines is 1. The summed E-state index contributed by atoms with van der Waals surface area (Å²) in [5, 5.41) is 6.71. The molecule has 2 aromatic rings. The third-order valence-electron chi connectivity index (χ3n) is 2.40. The highest BCUT2D eigenvalue weighted by Gasteiger charge is 2.11. The third kappa shape index (κ3) is 1.82. The van der Waals surface area contributed by atoms with Crippen molar-refractivity contribution in [3.05, 3.63) is 36.0 Å². The highest BCUT2D eigenvalue weighted by molar-refractivity contribution is 5.99. The van der Waals surface area contributed by atoms with Gasteiger partial charge in [-0.1, -0.05) is 0 Å². The molecule has 4 heteroatoms. The standard InChI is InChI=1S/C12H12N2O2/c1-8(15)11-7-13-14-12(11)9-3-5-10(16-2)6-4-9/h3-7H,1-2H3,(H,13,14). The molecule has 0 aliphatic carbocycles. The maximum Gasteiger partial charge on any atom is 0.163 e. The van der Waals surface area contributed by atoms with Gasteiger partial charge in [0.05, 0.1) is 24.6 Å². The maximum atomic E-state index is 11.3. The molecule has 0 radical (unpaired) electrons. The molecule has 0 saturated carbocycles. The van der Waals surface area contributed by atoms with Gasteiger partial charge in [-0.15, -0.1) is 0 Å². The molecule has 82 valence electrons. The summed E-state index contributed by atoms with van der Waals surface area (Å²) in [5.74, 6) is 0.784. The molecule has 0 fully saturated rings. The number of nitrogens with one attached hydrogen (secondary N) is 1. The molecule has 1 heterocycles. The summed E-state index contributed by atoms with van der Waals surface area (Å²) in [6.45, 7) is 1.53. The Morgan fingerprint density at radius 1 is 1.31 bits per heavy atom. The topological polar surface area (TPSA) is 55.0 Å². The van der Waals surface area contributed by atoms with Crippen molar-refractivity contribution in [2.45, 2.75) is 6.92 Å². The van der Waals surface area contributed by atoms with Crippen LogP contribution in [-0.4, -0.2) is 23.1 Å². The van der Waals surface area contributed by atoms with Crippen LogP contribution in [-0.2, 0) is 0 Å². The molecule has 1 N–H and O–H groups in total. The monoisotopic (exact) mass is 216 g/mol. The second-order valence-corrected chi connectivity index (χ2v) is 3.44. The molecule has 0 spiro atoms. The van der Waals surface area contributed by atoms with Crippen LogP contribution in [0.5, 0.6) is 5.75 Å². The first kappa shape index (κ1) is 10.4. The fourth-order valence-electron chi connectivity index (χ4n) is 1.53. The summed E-state index contributed by atoms with van der Waals surface area (Å²) in [6, 6.07) is 7.47. The van der Waals surface area contributed by atoms with Crippen LogP contribution in [0.1, 0.15) is 17.3 Å². The lowest BCUT2D eigenvalue weighted by atomic mass is 10.1. The zero-order valence-corrected chi connectivity index (χ0v) is 9.15. The Bertz CT molecular complexity index is 500. The van der Waals surface area contributed by atoms with E-state index in [0.29, 0.717) is 5.56 Å². The number of methoxy groups -OCH3 is 1. The number of H-pyrrole nitrogens is 1. The van der Waals surface area contributed by atoms with Crippen LogP contribution in [0.2, 0.25) is 0 Å². The summed E-state index contributed by atoms with van der Waals surface area (Å²) in [7, 11) is 1.62. The van der Waals surface area contributed by atoms with Crippen molar-refractivity contribution >= 4 is 5.78 Å². The summed E-state index contributed by atoms with van der Waals surface area (Å²) in [5.41, 5.74) is 2.27. The second-order valence-electron chi connectivity index (χ2n) is 3.44. The average molecular weight is 216 g/mol. The molecule has 0 aliphatic heterocycles. The number of rotatable bonds is 3. The molecule has 0 aliphatic rings. The van der Waals surface area contributed by atoms with Gasteiger partial charge in [-0.05, 0) is 31.2 Å². The number of hydrogen-bond acceptors (Lipinski definition) is 3. The Balaban J connectivity index is 2.42. The van der Waals surface area contributed by atoms with Crippen molar-refractivity contribution < 1.29 is 9.53 Å². The molecule has 0 atom stereocenters. The Labute approximate surface area is 93.3 Å². The van der Waals surface area contributed by atoms with E-state index in [-0.39, 0.29) is 5.78 Å². The number of ketones is 1. The first-order valence-electron chi connectivity index (χ1n) is 4.91. The number of ether oxygens (including phenoxy) is 1. The van der Waals surface area contributed by atoms with E-state index in [1.165, 1.54) is 6.92 Å². The molecule has 0 saturated heterocycles. The number of carbonyl (C=O) groups is 1. The van der Waals surface area contributed by atoms with E-state index in [9.17, 15) is 4.79 Å². The predicted octanol–water partition coefficient (Wildman–Crippen LogP) is 2.29. The van der Waals surface area contributed by atoms with E-state index >= 15 is 0 Å². The van der Waals surface area contributed by atoms with E-state index in [1.807, 2.05) is 24.3 Å². The summed E-state index contributed by atoms with van der Waals surface area (Å²) in [4.78, 5) is 11.3. The van der Waals surface area contributed by atoms with E-state index in [1.54, 1.807) is 13.3 Å². The lowest BCUT2D eigenvalue weighted by Gasteiger charge is -2.02. The third-order valence-corrected chi connectivity index (χ3v) is 2.40. The average Bonchev–Trinajstić information content (AvgIpc) is 2.78. The predicted molar refractivity (Wildman–Crippen MR) is 60.6 cm³/mol. The maximum absolute atomic E-state index is 11.3. The SMILES string of the molecule is COc1ccc(-c2[nH]ncc2C(C)=O)cc1. The Kier molecular flexibility index (Phi) is 2.72. The van der Waals surface area contributed by atoms with E-state index in [4.69, 9.17) is 4.74 Å². The Hall–Kier alpha value is -2.10. The first-order valence-corrected chi connectivity index (χ1v) is 4.91. The number of nitrogens with zero attached hydrogens (tertiary/aromatic N) is 1. The van der Waals surface area contributed by atoms with Gasteiger partial charge in [0.2, 0.25) is 0 Å². The normalized spacial score (nSPS) is 10.1. The molecule has 4 nitrogen and oxygen atoms in total. The zero-order chi connectivity index (χ0) is 11.5. The number of benzene rings is 1. The van der Waals surface area contributed by atoms with E-state index < -0.39 is 0 Å². The van der Waals surface area contributed by atoms with Crippen LogP contribution in [0, 0.1) is 0 Å². The first-order chi connectivity index (χ1) is 7.72. The number of Topliss-reactive ketones (excluding diaryl/α,β-unsaturated/α-hetero) is 1. The summed E-state index contributed by atoms with van der Waals surface area (Å²) < 4.78 is 5.07. The van der Waals surface area contributed by atoms with Crippen molar-refractivity contribution in [3.8, 4) is 17.0 Å². The minimum Gasteiger partial charge on any atom is -0.497 e. The molecule has 2 rings (SSSR count). The smallest absolute Gasteiger partial charge is 0.163 e. The van der Waals surface area contributed by atoms with E-state index in [2.05, 4.69) is 10.2 Å². The molecule has 16 heavy (non-hydrogen) atoms. The summed E-state index contributed by atoms with van der Waals surface area (Å²) >= 11 is 0. The van der Waals surface area contributed by atoms with Crippen LogP contribution in [0.3, 0.4) is 0 Å². The zero-order valence-electron chi connectivity index (χ0n) is 9.15. The van der Waals surface area contributed by atoms with Crippen LogP contribution < -0.4 is 4.74 Å². The number of hydrogen-bond donors (Lipinski definition) is 1. The van der Waals surface area contributed by atoms with Gasteiger partial charge in [-0.3, -0.25) is 9.89 Å². The van der Waals surface area contributed by atoms with Gasteiger partial charge in [0.15, 0.2) is 5.78 Å². The fraction of sp³-hybridized carbons (Fsp3) is 0.167. The molecule has 0 unspecified atom stereocenters. The lowest BCUT2D eigenvalue weighted by molar-refractivity contribution is 0.101. The number of carbonyl (C=O) groups excluding carboxylic acids is 1. The summed E-state index contributed by atoms with van der Waals surface area (Å²) in [6.07, 6.45) is 1.54. The van der Waals surface area contributed by atoms with Crippen molar-refractivity contribution in [1.82, 2.24) is 10.2 Å². The Morgan fingerprint density at radius 2 is 2.00 bits per heavy atom. The van der Waals surface area contributed by atoms with Crippen LogP contribution in [0.25, 0.3) is 11.3 Å². The Morgan fingerprint density at radius 3 is 2.56 bits per heavy atom. The van der Waals surface area contributed by atoms with Gasteiger partial charge < -0.3 is 4.74 Å². The highest BCUT2D eigenvalue weighted by atomic mass is 16.5. The molecule has 0 amide bonds. The van der Waals surface area contributed by atoms with Gasteiger partial charge in [0.1, 0.15) is 5.75 Å². The second kappa shape index (κ2) is 4.18. The molecule has 0 bridgehead atoms. The van der Waals surface area contributed by atoms with Gasteiger partial charge in [-0.25, -0.2) is 0 Å². The molecule has 1 aromatic carbocycles. The minimum absolute atomic E-state index is 0.000400. The van der Waals surface area contributed by atoms with Crippen molar-refractivity contribution in [2.75, 3.05) is 7.11 Å². The van der Waals surface area contributed by atoms with Gasteiger partial charge in [0, 0.05) is 5.56 Å². The fourth-order valence-corrected chi connectivity index (χ4v) is 1.53. The van der Waals surface area contributed by atoms with Crippen LogP contribution in [0.15, 0.2) is 30.5 Å². The molecular formula is C12H12N2O2. The lowest BCUT2D eigenvalue weighted by Crippen LogP contribution is -1.93. The van der Waals surface area contributed by atoms with Gasteiger partial charge in [-0.2, -0.15) is 5.10 Å². The van der Waals surface area contributed by atoms with Crippen molar-refractivity contribution in [3.63, 3.8) is 0 Å². The van der Waals surface area contributed by atoms with Crippen LogP contribution >= 0.6 is 0 Å². The van der Waals surface area contributed by atoms with Crippen molar-refractivity contribution in [1.29, 1.82) is 0 Å².